The van der Waals surface area contributed by atoms with Crippen LogP contribution in [0.3, 0.4) is 0 Å². The van der Waals surface area contributed by atoms with E-state index in [1.807, 2.05) is 6.07 Å². The minimum absolute atomic E-state index is 0.455. The number of benzene rings is 1. The summed E-state index contributed by atoms with van der Waals surface area (Å²) >= 11 is 0. The zero-order valence-electron chi connectivity index (χ0n) is 9.35. The predicted molar refractivity (Wildman–Crippen MR) is 65.9 cm³/mol. The Bertz CT molecular complexity index is 463. The number of nitrogens with zero attached hydrogens (tertiary/aromatic N) is 2. The van der Waals surface area contributed by atoms with Gasteiger partial charge in [0.25, 0.3) is 0 Å². The van der Waals surface area contributed by atoms with Gasteiger partial charge in [-0.1, -0.05) is 37.6 Å². The topological polar surface area (TPSA) is 51.8 Å². The fraction of sp³-hybridized carbons (Fsp3) is 0.231. The van der Waals surface area contributed by atoms with Crippen LogP contribution in [0.25, 0.3) is 11.3 Å². The molecular formula is C13H15N3. The highest BCUT2D eigenvalue weighted by molar-refractivity contribution is 5.63. The van der Waals surface area contributed by atoms with E-state index in [9.17, 15) is 0 Å². The summed E-state index contributed by atoms with van der Waals surface area (Å²) in [5.74, 6) is 0.455. The first-order valence-corrected chi connectivity index (χ1v) is 5.47. The number of aryl methyl sites for hydroxylation is 1. The van der Waals surface area contributed by atoms with Gasteiger partial charge in [0.1, 0.15) is 5.82 Å². The Kier molecular flexibility index (Phi) is 3.15. The minimum atomic E-state index is 0.455. The molecule has 1 heterocycles. The molecule has 82 valence electrons. The summed E-state index contributed by atoms with van der Waals surface area (Å²) in [5, 5.41) is 0. The lowest BCUT2D eigenvalue weighted by Gasteiger charge is -2.07. The van der Waals surface area contributed by atoms with Crippen molar-refractivity contribution in [2.75, 3.05) is 5.73 Å². The van der Waals surface area contributed by atoms with Crippen molar-refractivity contribution in [3.63, 3.8) is 0 Å². The molecule has 0 saturated carbocycles. The van der Waals surface area contributed by atoms with Gasteiger partial charge in [-0.25, -0.2) is 4.98 Å². The normalized spacial score (nSPS) is 10.3. The van der Waals surface area contributed by atoms with Gasteiger partial charge < -0.3 is 5.73 Å². The number of nitrogen functional groups attached to an aromatic ring is 1. The van der Waals surface area contributed by atoms with Gasteiger partial charge in [0, 0.05) is 5.56 Å². The van der Waals surface area contributed by atoms with Crippen LogP contribution in [0, 0.1) is 0 Å². The number of rotatable bonds is 3. The Hall–Kier alpha value is -1.90. The second kappa shape index (κ2) is 4.75. The van der Waals surface area contributed by atoms with Crippen LogP contribution < -0.4 is 5.73 Å². The van der Waals surface area contributed by atoms with E-state index in [-0.39, 0.29) is 0 Å². The fourth-order valence-corrected chi connectivity index (χ4v) is 1.73. The third-order valence-corrected chi connectivity index (χ3v) is 2.48. The fourth-order valence-electron chi connectivity index (χ4n) is 1.73. The highest BCUT2D eigenvalue weighted by atomic mass is 14.9. The van der Waals surface area contributed by atoms with Crippen molar-refractivity contribution in [2.24, 2.45) is 0 Å². The highest BCUT2D eigenvalue weighted by Crippen LogP contribution is 2.22. The lowest BCUT2D eigenvalue weighted by atomic mass is 10.0. The molecule has 2 aromatic rings. The second-order valence-corrected chi connectivity index (χ2v) is 3.73. The minimum Gasteiger partial charge on any atom is -0.382 e. The maximum absolute atomic E-state index is 5.53. The summed E-state index contributed by atoms with van der Waals surface area (Å²) in [4.78, 5) is 8.38. The van der Waals surface area contributed by atoms with E-state index in [2.05, 4.69) is 35.1 Å². The van der Waals surface area contributed by atoms with E-state index in [4.69, 9.17) is 5.73 Å². The molecule has 0 aliphatic heterocycles. The van der Waals surface area contributed by atoms with Gasteiger partial charge in [0.05, 0.1) is 18.1 Å². The molecule has 3 heteroatoms. The van der Waals surface area contributed by atoms with Crippen molar-refractivity contribution in [1.29, 1.82) is 0 Å². The van der Waals surface area contributed by atoms with Crippen molar-refractivity contribution >= 4 is 5.82 Å². The lowest BCUT2D eigenvalue weighted by molar-refractivity contribution is 0.922. The molecule has 2 rings (SSSR count). The monoisotopic (exact) mass is 213 g/mol. The molecule has 3 nitrogen and oxygen atoms in total. The van der Waals surface area contributed by atoms with E-state index in [0.717, 1.165) is 24.1 Å². The summed E-state index contributed by atoms with van der Waals surface area (Å²) in [6.45, 7) is 2.17. The average molecular weight is 213 g/mol. The van der Waals surface area contributed by atoms with Crippen LogP contribution in [0.5, 0.6) is 0 Å². The molecule has 0 aliphatic carbocycles. The van der Waals surface area contributed by atoms with Crippen LogP contribution in [0.15, 0.2) is 36.7 Å². The van der Waals surface area contributed by atoms with Crippen molar-refractivity contribution in [3.05, 3.63) is 42.2 Å². The van der Waals surface area contributed by atoms with Gasteiger partial charge in [0.15, 0.2) is 0 Å². The van der Waals surface area contributed by atoms with Crippen LogP contribution in [0.4, 0.5) is 5.82 Å². The Labute approximate surface area is 95.4 Å². The molecule has 2 N–H and O–H groups in total. The number of aromatic nitrogens is 2. The molecule has 0 bridgehead atoms. The Morgan fingerprint density at radius 2 is 1.94 bits per heavy atom. The Balaban J connectivity index is 2.42. The Morgan fingerprint density at radius 3 is 2.62 bits per heavy atom. The number of hydrogen-bond donors (Lipinski definition) is 1. The SMILES string of the molecule is CCCc1ccccc1-c1cnc(N)cn1. The molecule has 16 heavy (non-hydrogen) atoms. The zero-order valence-corrected chi connectivity index (χ0v) is 9.35. The van der Waals surface area contributed by atoms with Gasteiger partial charge in [-0.3, -0.25) is 4.98 Å². The first kappa shape index (κ1) is 10.6. The molecule has 0 radical (unpaired) electrons. The third-order valence-electron chi connectivity index (χ3n) is 2.48. The summed E-state index contributed by atoms with van der Waals surface area (Å²) in [5.41, 5.74) is 8.87. The molecule has 0 aliphatic rings. The van der Waals surface area contributed by atoms with E-state index >= 15 is 0 Å². The number of hydrogen-bond acceptors (Lipinski definition) is 3. The summed E-state index contributed by atoms with van der Waals surface area (Å²) in [6, 6.07) is 8.29. The molecule has 1 aromatic carbocycles. The molecule has 0 saturated heterocycles. The van der Waals surface area contributed by atoms with Crippen LogP contribution in [0.1, 0.15) is 18.9 Å². The van der Waals surface area contributed by atoms with Gasteiger partial charge >= 0.3 is 0 Å². The van der Waals surface area contributed by atoms with Crippen LogP contribution in [0.2, 0.25) is 0 Å². The maximum atomic E-state index is 5.53. The molecular weight excluding hydrogens is 198 g/mol. The van der Waals surface area contributed by atoms with Crippen molar-refractivity contribution in [2.45, 2.75) is 19.8 Å². The van der Waals surface area contributed by atoms with E-state index in [0.29, 0.717) is 5.82 Å². The summed E-state index contributed by atoms with van der Waals surface area (Å²) in [7, 11) is 0. The van der Waals surface area contributed by atoms with E-state index in [1.54, 1.807) is 12.4 Å². The quantitative estimate of drug-likeness (QED) is 0.852. The summed E-state index contributed by atoms with van der Waals surface area (Å²) in [6.07, 6.45) is 5.50. The molecule has 0 atom stereocenters. The van der Waals surface area contributed by atoms with Gasteiger partial charge in [0.2, 0.25) is 0 Å². The van der Waals surface area contributed by atoms with Crippen molar-refractivity contribution in [1.82, 2.24) is 9.97 Å². The first-order chi connectivity index (χ1) is 7.81. The smallest absolute Gasteiger partial charge is 0.141 e. The van der Waals surface area contributed by atoms with Gasteiger partial charge in [-0.15, -0.1) is 0 Å². The lowest BCUT2D eigenvalue weighted by Crippen LogP contribution is -1.95. The highest BCUT2D eigenvalue weighted by Gasteiger charge is 2.04. The van der Waals surface area contributed by atoms with Crippen LogP contribution in [-0.2, 0) is 6.42 Å². The summed E-state index contributed by atoms with van der Waals surface area (Å²) < 4.78 is 0. The Morgan fingerprint density at radius 1 is 1.12 bits per heavy atom. The molecule has 0 unspecified atom stereocenters. The standard InChI is InChI=1S/C13H15N3/c1-2-5-10-6-3-4-7-11(10)12-8-16-13(14)9-15-12/h3-4,6-9H,2,5H2,1H3,(H2,14,16). The van der Waals surface area contributed by atoms with E-state index in [1.165, 1.54) is 5.56 Å². The number of anilines is 1. The zero-order chi connectivity index (χ0) is 11.4. The van der Waals surface area contributed by atoms with E-state index < -0.39 is 0 Å². The van der Waals surface area contributed by atoms with Crippen LogP contribution >= 0.6 is 0 Å². The molecule has 0 amide bonds. The molecule has 0 spiro atoms. The predicted octanol–water partition coefficient (Wildman–Crippen LogP) is 2.68. The second-order valence-electron chi connectivity index (χ2n) is 3.73. The van der Waals surface area contributed by atoms with Crippen LogP contribution in [-0.4, -0.2) is 9.97 Å². The molecule has 0 fully saturated rings. The van der Waals surface area contributed by atoms with Crippen molar-refractivity contribution in [3.8, 4) is 11.3 Å². The first-order valence-electron chi connectivity index (χ1n) is 5.47. The van der Waals surface area contributed by atoms with Gasteiger partial charge in [-0.05, 0) is 12.0 Å². The van der Waals surface area contributed by atoms with Gasteiger partial charge in [-0.2, -0.15) is 0 Å². The number of nitrogens with two attached hydrogens (primary N) is 1. The third kappa shape index (κ3) is 2.19. The average Bonchev–Trinajstić information content (AvgIpc) is 2.32. The molecule has 1 aromatic heterocycles. The van der Waals surface area contributed by atoms with Crippen molar-refractivity contribution < 1.29 is 0 Å². The maximum Gasteiger partial charge on any atom is 0.141 e. The largest absolute Gasteiger partial charge is 0.382 e.